The number of ketones is 1. The minimum Gasteiger partial charge on any atom is -0.383 e. The molecule has 0 aromatic heterocycles. The molecule has 0 saturated heterocycles. The SMILES string of the molecule is CC.Cc1ccc(F)cc1C(=O)/C=C/N(C)C. The molecule has 1 aromatic carbocycles. The fraction of sp³-hybridized carbons (Fsp3) is 0.357. The van der Waals surface area contributed by atoms with Crippen LogP contribution in [0.2, 0.25) is 0 Å². The van der Waals surface area contributed by atoms with Crippen molar-refractivity contribution in [1.29, 1.82) is 0 Å². The summed E-state index contributed by atoms with van der Waals surface area (Å²) >= 11 is 0. The maximum absolute atomic E-state index is 12.9. The van der Waals surface area contributed by atoms with Gasteiger partial charge in [-0.2, -0.15) is 0 Å². The summed E-state index contributed by atoms with van der Waals surface area (Å²) in [6.07, 6.45) is 3.08. The highest BCUT2D eigenvalue weighted by atomic mass is 19.1. The van der Waals surface area contributed by atoms with Crippen LogP contribution in [0.25, 0.3) is 0 Å². The predicted octanol–water partition coefficient (Wildman–Crippen LogP) is 3.42. The number of carbonyl (C=O) groups excluding carboxylic acids is 1. The Kier molecular flexibility index (Phi) is 6.87. The average molecular weight is 237 g/mol. The number of allylic oxidation sites excluding steroid dienone is 1. The Morgan fingerprint density at radius 1 is 1.29 bits per heavy atom. The highest BCUT2D eigenvalue weighted by Crippen LogP contribution is 2.11. The lowest BCUT2D eigenvalue weighted by molar-refractivity contribution is 0.104. The van der Waals surface area contributed by atoms with Crippen LogP contribution in [-0.2, 0) is 0 Å². The van der Waals surface area contributed by atoms with E-state index in [2.05, 4.69) is 0 Å². The van der Waals surface area contributed by atoms with Gasteiger partial charge in [0, 0.05) is 31.9 Å². The van der Waals surface area contributed by atoms with Gasteiger partial charge in [0.25, 0.3) is 0 Å². The summed E-state index contributed by atoms with van der Waals surface area (Å²) in [6.45, 7) is 5.79. The second-order valence-corrected chi connectivity index (χ2v) is 3.60. The van der Waals surface area contributed by atoms with Crippen molar-refractivity contribution in [2.24, 2.45) is 0 Å². The molecule has 0 saturated carbocycles. The molecule has 0 bridgehead atoms. The van der Waals surface area contributed by atoms with E-state index >= 15 is 0 Å². The molecular weight excluding hydrogens is 217 g/mol. The van der Waals surface area contributed by atoms with Gasteiger partial charge in [-0.05, 0) is 24.6 Å². The number of carbonyl (C=O) groups is 1. The molecule has 0 aliphatic rings. The van der Waals surface area contributed by atoms with Crippen molar-refractivity contribution >= 4 is 5.78 Å². The Morgan fingerprint density at radius 2 is 1.88 bits per heavy atom. The normalized spacial score (nSPS) is 9.76. The molecular formula is C14H20FNO. The third-order valence-corrected chi connectivity index (χ3v) is 1.99. The zero-order chi connectivity index (χ0) is 13.4. The quantitative estimate of drug-likeness (QED) is 0.593. The standard InChI is InChI=1S/C12H14FNO.C2H6/c1-9-4-5-10(13)8-11(9)12(15)6-7-14(2)3;1-2/h4-8H,1-3H3;1-2H3/b7-6+;. The first-order valence-electron chi connectivity index (χ1n) is 5.66. The van der Waals surface area contributed by atoms with Crippen molar-refractivity contribution in [3.8, 4) is 0 Å². The van der Waals surface area contributed by atoms with Gasteiger partial charge in [-0.3, -0.25) is 4.79 Å². The lowest BCUT2D eigenvalue weighted by Gasteiger charge is -2.04. The molecule has 0 aliphatic heterocycles. The van der Waals surface area contributed by atoms with E-state index in [9.17, 15) is 9.18 Å². The van der Waals surface area contributed by atoms with Gasteiger partial charge in [0.1, 0.15) is 5.82 Å². The second kappa shape index (κ2) is 7.60. The molecule has 17 heavy (non-hydrogen) atoms. The minimum absolute atomic E-state index is 0.180. The van der Waals surface area contributed by atoms with Gasteiger partial charge in [-0.25, -0.2) is 4.39 Å². The first kappa shape index (κ1) is 15.4. The Hall–Kier alpha value is -1.64. The second-order valence-electron chi connectivity index (χ2n) is 3.60. The van der Waals surface area contributed by atoms with Crippen molar-refractivity contribution in [2.45, 2.75) is 20.8 Å². The van der Waals surface area contributed by atoms with Crippen LogP contribution >= 0.6 is 0 Å². The lowest BCUT2D eigenvalue weighted by atomic mass is 10.0. The zero-order valence-electron chi connectivity index (χ0n) is 11.1. The first-order chi connectivity index (χ1) is 8.00. The largest absolute Gasteiger partial charge is 0.383 e. The van der Waals surface area contributed by atoms with Gasteiger partial charge in [0.05, 0.1) is 0 Å². The minimum atomic E-state index is -0.387. The number of nitrogens with zero attached hydrogens (tertiary/aromatic N) is 1. The first-order valence-corrected chi connectivity index (χ1v) is 5.66. The van der Waals surface area contributed by atoms with Crippen LogP contribution in [0.3, 0.4) is 0 Å². The van der Waals surface area contributed by atoms with Gasteiger partial charge in [0.15, 0.2) is 5.78 Å². The molecule has 3 heteroatoms. The highest BCUT2D eigenvalue weighted by Gasteiger charge is 2.06. The van der Waals surface area contributed by atoms with Gasteiger partial charge in [-0.15, -0.1) is 0 Å². The molecule has 0 spiro atoms. The van der Waals surface area contributed by atoms with Crippen LogP contribution in [0.1, 0.15) is 29.8 Å². The van der Waals surface area contributed by atoms with E-state index in [1.807, 2.05) is 27.9 Å². The van der Waals surface area contributed by atoms with Crippen LogP contribution in [0.5, 0.6) is 0 Å². The third-order valence-electron chi connectivity index (χ3n) is 1.99. The third kappa shape index (κ3) is 5.29. The molecule has 0 heterocycles. The summed E-state index contributed by atoms with van der Waals surface area (Å²) < 4.78 is 12.9. The highest BCUT2D eigenvalue weighted by molar-refractivity contribution is 6.05. The molecule has 0 unspecified atom stereocenters. The van der Waals surface area contributed by atoms with Crippen molar-refractivity contribution in [2.75, 3.05) is 14.1 Å². The van der Waals surface area contributed by atoms with Gasteiger partial charge in [-0.1, -0.05) is 19.9 Å². The number of hydrogen-bond donors (Lipinski definition) is 0. The Balaban J connectivity index is 0.00000121. The molecule has 0 aliphatic carbocycles. The van der Waals surface area contributed by atoms with Crippen molar-refractivity contribution < 1.29 is 9.18 Å². The van der Waals surface area contributed by atoms with Crippen molar-refractivity contribution in [1.82, 2.24) is 4.90 Å². The number of rotatable bonds is 3. The molecule has 1 aromatic rings. The zero-order valence-corrected chi connectivity index (χ0v) is 11.1. The van der Waals surface area contributed by atoms with E-state index in [4.69, 9.17) is 0 Å². The lowest BCUT2D eigenvalue weighted by Crippen LogP contribution is -2.04. The number of benzene rings is 1. The summed E-state index contributed by atoms with van der Waals surface area (Å²) in [4.78, 5) is 13.4. The van der Waals surface area contributed by atoms with E-state index < -0.39 is 0 Å². The van der Waals surface area contributed by atoms with E-state index in [1.165, 1.54) is 18.2 Å². The van der Waals surface area contributed by atoms with E-state index in [1.54, 1.807) is 24.1 Å². The van der Waals surface area contributed by atoms with Crippen LogP contribution in [0, 0.1) is 12.7 Å². The van der Waals surface area contributed by atoms with Gasteiger partial charge >= 0.3 is 0 Å². The summed E-state index contributed by atoms with van der Waals surface area (Å²) in [5.41, 5.74) is 1.19. The monoisotopic (exact) mass is 237 g/mol. The van der Waals surface area contributed by atoms with Crippen molar-refractivity contribution in [3.63, 3.8) is 0 Å². The molecule has 1 rings (SSSR count). The predicted molar refractivity (Wildman–Crippen MR) is 69.6 cm³/mol. The Labute approximate surface area is 103 Å². The van der Waals surface area contributed by atoms with Crippen molar-refractivity contribution in [3.05, 3.63) is 47.4 Å². The summed E-state index contributed by atoms with van der Waals surface area (Å²) in [7, 11) is 3.64. The Bertz CT molecular complexity index is 397. The van der Waals surface area contributed by atoms with Gasteiger partial charge in [0.2, 0.25) is 0 Å². The van der Waals surface area contributed by atoms with Gasteiger partial charge < -0.3 is 4.90 Å². The average Bonchev–Trinajstić information content (AvgIpc) is 2.31. The number of halogens is 1. The topological polar surface area (TPSA) is 20.3 Å². The molecule has 94 valence electrons. The maximum Gasteiger partial charge on any atom is 0.187 e. The van der Waals surface area contributed by atoms with Crippen LogP contribution in [0.15, 0.2) is 30.5 Å². The smallest absolute Gasteiger partial charge is 0.187 e. The molecule has 0 radical (unpaired) electrons. The van der Waals surface area contributed by atoms with Crippen LogP contribution < -0.4 is 0 Å². The molecule has 0 fully saturated rings. The summed E-state index contributed by atoms with van der Waals surface area (Å²) in [5, 5.41) is 0. The fourth-order valence-corrected chi connectivity index (χ4v) is 1.17. The summed E-state index contributed by atoms with van der Waals surface area (Å²) in [5.74, 6) is -0.567. The Morgan fingerprint density at radius 3 is 2.41 bits per heavy atom. The van der Waals surface area contributed by atoms with E-state index in [-0.39, 0.29) is 11.6 Å². The van der Waals surface area contributed by atoms with Crippen LogP contribution in [0.4, 0.5) is 4.39 Å². The number of hydrogen-bond acceptors (Lipinski definition) is 2. The van der Waals surface area contributed by atoms with Crippen LogP contribution in [-0.4, -0.2) is 24.8 Å². The van der Waals surface area contributed by atoms with E-state index in [0.717, 1.165) is 5.56 Å². The molecule has 0 amide bonds. The molecule has 0 atom stereocenters. The fourth-order valence-electron chi connectivity index (χ4n) is 1.17. The van der Waals surface area contributed by atoms with E-state index in [0.29, 0.717) is 5.56 Å². The molecule has 2 nitrogen and oxygen atoms in total. The summed E-state index contributed by atoms with van der Waals surface area (Å²) in [6, 6.07) is 4.21. The maximum atomic E-state index is 12.9. The molecule has 0 N–H and O–H groups in total. The number of aryl methyl sites for hydroxylation is 1.